The van der Waals surface area contributed by atoms with Crippen molar-refractivity contribution in [2.75, 3.05) is 95.7 Å². The molecule has 6 aromatic carbocycles. The first-order valence-corrected chi connectivity index (χ1v) is 29.9. The van der Waals surface area contributed by atoms with Gasteiger partial charge >= 0.3 is 18.5 Å². The number of halogens is 10. The molecule has 6 amide bonds. The minimum Gasteiger partial charge on any atom is -0.399 e. The maximum atomic E-state index is 13.6. The van der Waals surface area contributed by atoms with Crippen molar-refractivity contribution in [3.05, 3.63) is 238 Å². The molecule has 0 atom stereocenters. The normalized spacial score (nSPS) is 10.7. The highest BCUT2D eigenvalue weighted by atomic mass is 35.5. The van der Waals surface area contributed by atoms with Crippen molar-refractivity contribution < 1.29 is 68.3 Å². The Kier molecular flexibility index (Phi) is 28.0. The maximum Gasteiger partial charge on any atom is 0.419 e. The predicted octanol–water partition coefficient (Wildman–Crippen LogP) is 14.8. The molecule has 9 rings (SSSR count). The van der Waals surface area contributed by atoms with Gasteiger partial charge in [-0.3, -0.25) is 28.8 Å². The topological polar surface area (TPSA) is 273 Å². The summed E-state index contributed by atoms with van der Waals surface area (Å²) in [6, 6.07) is 42.0. The smallest absolute Gasteiger partial charge is 0.399 e. The van der Waals surface area contributed by atoms with Gasteiger partial charge in [-0.25, -0.2) is 15.0 Å². The Balaban J connectivity index is 0.000000255. The number of nitrogen functional groups attached to an aromatic ring is 1. The Labute approximate surface area is 580 Å². The zero-order valence-corrected chi connectivity index (χ0v) is 55.6. The monoisotopic (exact) mass is 1420 g/mol. The van der Waals surface area contributed by atoms with E-state index in [2.05, 4.69) is 57.5 Å². The molecule has 3 aromatic heterocycles. The summed E-state index contributed by atoms with van der Waals surface area (Å²) in [7, 11) is 14.3. The van der Waals surface area contributed by atoms with E-state index in [1.807, 2.05) is 0 Å². The van der Waals surface area contributed by atoms with E-state index in [4.69, 9.17) is 17.3 Å². The number of nitrogens with two attached hydrogens (primary N) is 1. The molecule has 0 unspecified atom stereocenters. The van der Waals surface area contributed by atoms with Gasteiger partial charge in [-0.1, -0.05) is 55.4 Å². The van der Waals surface area contributed by atoms with Gasteiger partial charge in [0.25, 0.3) is 35.4 Å². The van der Waals surface area contributed by atoms with Gasteiger partial charge in [-0.05, 0) is 115 Å². The van der Waals surface area contributed by atoms with E-state index in [-0.39, 0.29) is 92.8 Å². The number of nitrogens with one attached hydrogen (secondary N) is 8. The predicted molar refractivity (Wildman–Crippen MR) is 373 cm³/mol. The highest BCUT2D eigenvalue weighted by Gasteiger charge is 2.37. The summed E-state index contributed by atoms with van der Waals surface area (Å²) in [5.41, 5.74) is 6.35. The fourth-order valence-electron chi connectivity index (χ4n) is 8.76. The van der Waals surface area contributed by atoms with Crippen LogP contribution >= 0.6 is 11.6 Å². The number of pyridine rings is 3. The number of hydrogen-bond acceptors (Lipinski definition) is 15. The molecule has 31 heteroatoms. The Hall–Kier alpha value is -12.0. The van der Waals surface area contributed by atoms with E-state index >= 15 is 0 Å². The number of carbonyl (C=O) groups excluding carboxylic acids is 6. The van der Waals surface area contributed by atoms with Crippen molar-refractivity contribution in [3.8, 4) is 0 Å². The second kappa shape index (κ2) is 35.5. The fraction of sp³-hybridized carbons (Fsp3) is 0.186. The summed E-state index contributed by atoms with van der Waals surface area (Å²) in [6.07, 6.45) is -11.8. The minimum atomic E-state index is -4.66. The van der Waals surface area contributed by atoms with Gasteiger partial charge in [-0.15, -0.1) is 0 Å². The second-order valence-corrected chi connectivity index (χ2v) is 22.0. The van der Waals surface area contributed by atoms with Gasteiger partial charge in [0.05, 0.1) is 67.5 Å². The molecule has 0 aliphatic rings. The SMILES string of the molecule is C.CN(C)C(=O)c1ccc(N)cc1.CNC(=O)c1ccccc1Nc1cc(Cl)ncc1C(F)(F)F.CNC(=O)c1ccccc1Nc1cc(Nc2ccc(C(=O)N(C)C)cc2)ncc1C(F)(F)F.CNC(=O)c1ccccc1Nc1cc(Nc2ccc(C(=O)N(C)C)cc2)ncc1C(F)(F)F. The van der Waals surface area contributed by atoms with Crippen LogP contribution in [0, 0.1) is 0 Å². The number of alkyl halides is 9. The Morgan fingerprint density at radius 2 is 0.644 bits per heavy atom. The summed E-state index contributed by atoms with van der Waals surface area (Å²) < 4.78 is 121. The largest absolute Gasteiger partial charge is 0.419 e. The molecule has 532 valence electrons. The van der Waals surface area contributed by atoms with Crippen molar-refractivity contribution in [2.45, 2.75) is 26.0 Å². The summed E-state index contributed by atoms with van der Waals surface area (Å²) >= 11 is 5.67. The maximum absolute atomic E-state index is 13.6. The number of nitrogens with zero attached hydrogens (tertiary/aromatic N) is 6. The zero-order valence-electron chi connectivity index (χ0n) is 54.8. The molecule has 0 bridgehead atoms. The Morgan fingerprint density at radius 3 is 0.921 bits per heavy atom. The van der Waals surface area contributed by atoms with Crippen molar-refractivity contribution >= 4 is 110 Å². The lowest BCUT2D eigenvalue weighted by Crippen LogP contribution is -2.21. The number of carbonyl (C=O) groups is 6. The summed E-state index contributed by atoms with van der Waals surface area (Å²) in [5, 5.41) is 21.1. The van der Waals surface area contributed by atoms with Crippen LogP contribution in [0.4, 0.5) is 102 Å². The van der Waals surface area contributed by atoms with Crippen LogP contribution in [0.15, 0.2) is 182 Å². The second-order valence-electron chi connectivity index (χ2n) is 21.7. The van der Waals surface area contributed by atoms with Gasteiger partial charge in [0, 0.05) is 128 Å². The van der Waals surface area contributed by atoms with Crippen molar-refractivity contribution in [3.63, 3.8) is 0 Å². The zero-order chi connectivity index (χ0) is 73.8. The molecule has 0 fully saturated rings. The molecule has 0 radical (unpaired) electrons. The number of amides is 6. The number of aromatic nitrogens is 3. The highest BCUT2D eigenvalue weighted by molar-refractivity contribution is 6.29. The van der Waals surface area contributed by atoms with E-state index in [1.54, 1.807) is 151 Å². The fourth-order valence-corrected chi connectivity index (χ4v) is 8.92. The Bertz CT molecular complexity index is 4170. The van der Waals surface area contributed by atoms with E-state index in [9.17, 15) is 68.3 Å². The molecule has 10 N–H and O–H groups in total. The van der Waals surface area contributed by atoms with E-state index in [1.165, 1.54) is 84.4 Å². The number of benzene rings is 6. The average Bonchev–Trinajstić information content (AvgIpc) is 0.826. The molecular formula is C70H71ClF9N15O6. The quantitative estimate of drug-likeness (QED) is 0.0247. The molecule has 0 aliphatic heterocycles. The summed E-state index contributed by atoms with van der Waals surface area (Å²) in [4.78, 5) is 86.9. The molecule has 0 saturated carbocycles. The third-order valence-electron chi connectivity index (χ3n) is 13.8. The van der Waals surface area contributed by atoms with Gasteiger partial charge in [0.1, 0.15) is 16.8 Å². The van der Waals surface area contributed by atoms with Crippen LogP contribution in [-0.4, -0.2) is 129 Å². The van der Waals surface area contributed by atoms with Crippen LogP contribution in [0.25, 0.3) is 0 Å². The first kappa shape index (κ1) is 79.7. The standard InChI is InChI=1S/2C23H22F3N5O2.C14H11ClF3N3O.C9H12N2O.CH4/c2*1-27-21(32)16-6-4-5-7-18(16)30-19-12-20(28-13-17(19)23(24,25)26)29-15-10-8-14(9-11-15)22(33)31(2)3;1-19-13(22)8-4-2-3-5-10(8)21-11-6-12(15)20-7-9(11)14(16,17)18;1-11(2)9(12)7-3-5-8(10)6-4-7;/h2*4-13H,1-3H3,(H,27,32)(H2,28,29,30);2-7H,1H3,(H,19,22)(H,20,21);3-6H,10H2,1-2H3;1H4. The third-order valence-corrected chi connectivity index (χ3v) is 14.0. The van der Waals surface area contributed by atoms with Gasteiger partial charge < -0.3 is 63.0 Å². The lowest BCUT2D eigenvalue weighted by atomic mass is 10.1. The lowest BCUT2D eigenvalue weighted by Gasteiger charge is -2.17. The van der Waals surface area contributed by atoms with E-state index in [0.717, 1.165) is 18.5 Å². The third kappa shape index (κ3) is 22.5. The van der Waals surface area contributed by atoms with Crippen LogP contribution < -0.4 is 48.3 Å². The molecule has 0 saturated heterocycles. The molecule has 0 aliphatic carbocycles. The first-order valence-electron chi connectivity index (χ1n) is 29.5. The summed E-state index contributed by atoms with van der Waals surface area (Å²) in [6.45, 7) is 0. The van der Waals surface area contributed by atoms with Crippen molar-refractivity contribution in [2.24, 2.45) is 0 Å². The summed E-state index contributed by atoms with van der Waals surface area (Å²) in [5.74, 6) is -1.35. The minimum absolute atomic E-state index is 0. The van der Waals surface area contributed by atoms with Crippen LogP contribution in [0.2, 0.25) is 5.15 Å². The van der Waals surface area contributed by atoms with E-state index < -0.39 is 52.9 Å². The van der Waals surface area contributed by atoms with Crippen LogP contribution in [0.5, 0.6) is 0 Å². The number of hydrogen-bond donors (Lipinski definition) is 9. The molecule has 21 nitrogen and oxygen atoms in total. The van der Waals surface area contributed by atoms with E-state index in [0.29, 0.717) is 39.9 Å². The van der Waals surface area contributed by atoms with Gasteiger partial charge in [0.2, 0.25) is 0 Å². The first-order chi connectivity index (χ1) is 47.1. The molecule has 9 aromatic rings. The van der Waals surface area contributed by atoms with Crippen LogP contribution in [-0.2, 0) is 18.5 Å². The Morgan fingerprint density at radius 1 is 0.376 bits per heavy atom. The molecule has 101 heavy (non-hydrogen) atoms. The van der Waals surface area contributed by atoms with Gasteiger partial charge in [0.15, 0.2) is 0 Å². The number of rotatable bonds is 16. The number of anilines is 11. The number of para-hydroxylation sites is 3. The van der Waals surface area contributed by atoms with Crippen LogP contribution in [0.3, 0.4) is 0 Å². The average molecular weight is 1420 g/mol. The van der Waals surface area contributed by atoms with Crippen molar-refractivity contribution in [1.82, 2.24) is 45.6 Å². The van der Waals surface area contributed by atoms with Crippen LogP contribution in [0.1, 0.15) is 86.3 Å². The molecular weight excluding hydrogens is 1350 g/mol. The molecule has 0 spiro atoms. The highest BCUT2D eigenvalue weighted by Crippen LogP contribution is 2.41. The molecule has 3 heterocycles. The van der Waals surface area contributed by atoms with Gasteiger partial charge in [-0.2, -0.15) is 39.5 Å². The van der Waals surface area contributed by atoms with Crippen molar-refractivity contribution in [1.29, 1.82) is 0 Å². The lowest BCUT2D eigenvalue weighted by molar-refractivity contribution is -0.138.